The average molecular weight is 431 g/mol. The molecule has 0 bridgehead atoms. The van der Waals surface area contributed by atoms with E-state index in [0.717, 1.165) is 0 Å². The van der Waals surface area contributed by atoms with Crippen LogP contribution in [0.2, 0.25) is 5.02 Å². The van der Waals surface area contributed by atoms with Gasteiger partial charge in [-0.25, -0.2) is 4.79 Å². The van der Waals surface area contributed by atoms with Crippen LogP contribution >= 0.6 is 11.6 Å². The van der Waals surface area contributed by atoms with Crippen molar-refractivity contribution in [2.75, 3.05) is 25.6 Å². The molecule has 0 saturated carbocycles. The third-order valence-corrected chi connectivity index (χ3v) is 3.95. The van der Waals surface area contributed by atoms with E-state index in [2.05, 4.69) is 5.32 Å². The fourth-order valence-electron chi connectivity index (χ4n) is 2.44. The lowest BCUT2D eigenvalue weighted by atomic mass is 10.1. The lowest BCUT2D eigenvalue weighted by Crippen LogP contribution is -2.13. The molecule has 2 rings (SSSR count). The summed E-state index contributed by atoms with van der Waals surface area (Å²) >= 11 is 6.16. The Hall–Kier alpha value is -3.70. The van der Waals surface area contributed by atoms with E-state index in [1.807, 2.05) is 13.0 Å². The smallest absolute Gasteiger partial charge is 0.341 e. The Labute approximate surface area is 178 Å². The fourth-order valence-corrected chi connectivity index (χ4v) is 2.71. The van der Waals surface area contributed by atoms with Crippen molar-refractivity contribution in [1.29, 1.82) is 5.26 Å². The molecule has 0 heterocycles. The maximum Gasteiger partial charge on any atom is 0.341 e. The van der Waals surface area contributed by atoms with Crippen LogP contribution in [0.3, 0.4) is 0 Å². The number of hydrogen-bond acceptors (Lipinski definition) is 6. The lowest BCUT2D eigenvalue weighted by Gasteiger charge is -2.12. The van der Waals surface area contributed by atoms with Crippen LogP contribution in [-0.4, -0.2) is 37.3 Å². The van der Waals surface area contributed by atoms with Crippen molar-refractivity contribution in [3.8, 4) is 23.3 Å². The molecule has 0 aliphatic carbocycles. The van der Waals surface area contributed by atoms with Crippen molar-refractivity contribution < 1.29 is 28.9 Å². The maximum absolute atomic E-state index is 12.5. The summed E-state index contributed by atoms with van der Waals surface area (Å²) in [6.07, 6.45) is 1.33. The summed E-state index contributed by atoms with van der Waals surface area (Å²) in [7, 11) is 1.36. The van der Waals surface area contributed by atoms with Gasteiger partial charge in [0, 0.05) is 11.8 Å². The van der Waals surface area contributed by atoms with Crippen LogP contribution in [0.1, 0.15) is 12.5 Å². The minimum atomic E-state index is -1.17. The SMILES string of the molecule is CCOc1cccc(NC(=O)/C(C#N)=C\c2cc(Cl)c(OCC(=O)O)c(OC)c2)c1. The molecular formula is C21H19ClN2O6. The van der Waals surface area contributed by atoms with E-state index in [-0.39, 0.29) is 22.1 Å². The summed E-state index contributed by atoms with van der Waals surface area (Å²) in [5.74, 6) is -0.987. The van der Waals surface area contributed by atoms with Crippen LogP contribution in [0.25, 0.3) is 6.08 Å². The Morgan fingerprint density at radius 1 is 1.27 bits per heavy atom. The number of nitrogens with one attached hydrogen (secondary N) is 1. The average Bonchev–Trinajstić information content (AvgIpc) is 2.71. The summed E-state index contributed by atoms with van der Waals surface area (Å²) in [6.45, 7) is 1.73. The van der Waals surface area contributed by atoms with Gasteiger partial charge in [0.25, 0.3) is 5.91 Å². The number of ether oxygens (including phenoxy) is 3. The highest BCUT2D eigenvalue weighted by molar-refractivity contribution is 6.32. The van der Waals surface area contributed by atoms with Gasteiger partial charge < -0.3 is 24.6 Å². The highest BCUT2D eigenvalue weighted by Crippen LogP contribution is 2.37. The summed E-state index contributed by atoms with van der Waals surface area (Å²) in [6, 6.07) is 11.5. The van der Waals surface area contributed by atoms with E-state index in [9.17, 15) is 14.9 Å². The highest BCUT2D eigenvalue weighted by Gasteiger charge is 2.15. The molecule has 0 unspecified atom stereocenters. The third-order valence-electron chi connectivity index (χ3n) is 3.67. The quantitative estimate of drug-likeness (QED) is 0.459. The third kappa shape index (κ3) is 6.15. The van der Waals surface area contributed by atoms with Gasteiger partial charge in [0.1, 0.15) is 17.4 Å². The van der Waals surface area contributed by atoms with Crippen molar-refractivity contribution in [3.05, 3.63) is 52.6 Å². The predicted octanol–water partition coefficient (Wildman–Crippen LogP) is 3.76. The van der Waals surface area contributed by atoms with E-state index in [1.165, 1.54) is 25.3 Å². The number of carboxylic acid groups (broad SMARTS) is 1. The standard InChI is InChI=1S/C21H19ClN2O6/c1-3-29-16-6-4-5-15(10-16)24-21(27)14(11-23)7-13-8-17(22)20(18(9-13)28-2)30-12-19(25)26/h4-10H,3,12H2,1-2H3,(H,24,27)(H,25,26)/b14-7-. The van der Waals surface area contributed by atoms with Gasteiger partial charge in [-0.1, -0.05) is 17.7 Å². The van der Waals surface area contributed by atoms with Crippen LogP contribution in [0, 0.1) is 11.3 Å². The number of carboxylic acids is 1. The first kappa shape index (κ1) is 22.6. The number of halogens is 1. The van der Waals surface area contributed by atoms with Crippen molar-refractivity contribution in [2.45, 2.75) is 6.92 Å². The summed E-state index contributed by atoms with van der Waals surface area (Å²) < 4.78 is 15.7. The Morgan fingerprint density at radius 3 is 2.67 bits per heavy atom. The molecule has 0 saturated heterocycles. The predicted molar refractivity (Wildman–Crippen MR) is 111 cm³/mol. The van der Waals surface area contributed by atoms with Crippen molar-refractivity contribution in [2.24, 2.45) is 0 Å². The normalized spacial score (nSPS) is 10.7. The monoisotopic (exact) mass is 430 g/mol. The second-order valence-corrected chi connectivity index (χ2v) is 6.21. The minimum absolute atomic E-state index is 0.0504. The van der Waals surface area contributed by atoms with Crippen molar-refractivity contribution in [3.63, 3.8) is 0 Å². The molecule has 0 fully saturated rings. The number of methoxy groups -OCH3 is 1. The fraction of sp³-hybridized carbons (Fsp3) is 0.190. The van der Waals surface area contributed by atoms with Gasteiger partial charge in [0.15, 0.2) is 18.1 Å². The second kappa shape index (κ2) is 10.7. The van der Waals surface area contributed by atoms with Gasteiger partial charge in [-0.05, 0) is 42.8 Å². The zero-order chi connectivity index (χ0) is 22.1. The Bertz CT molecular complexity index is 1010. The summed E-state index contributed by atoms with van der Waals surface area (Å²) in [5.41, 5.74) is 0.698. The Balaban J connectivity index is 2.27. The van der Waals surface area contributed by atoms with E-state index >= 15 is 0 Å². The number of amides is 1. The molecule has 156 valence electrons. The number of benzene rings is 2. The summed E-state index contributed by atoms with van der Waals surface area (Å²) in [5, 5.41) is 20.9. The number of anilines is 1. The number of nitriles is 1. The largest absolute Gasteiger partial charge is 0.494 e. The number of aliphatic carboxylic acids is 1. The van der Waals surface area contributed by atoms with Gasteiger partial charge in [-0.15, -0.1) is 0 Å². The molecule has 9 heteroatoms. The topological polar surface area (TPSA) is 118 Å². The van der Waals surface area contributed by atoms with Gasteiger partial charge >= 0.3 is 5.97 Å². The first-order chi connectivity index (χ1) is 14.4. The highest BCUT2D eigenvalue weighted by atomic mass is 35.5. The number of hydrogen-bond donors (Lipinski definition) is 2. The van der Waals surface area contributed by atoms with E-state index in [0.29, 0.717) is 23.6 Å². The minimum Gasteiger partial charge on any atom is -0.494 e. The molecule has 2 aromatic carbocycles. The molecule has 0 atom stereocenters. The molecule has 2 aromatic rings. The van der Waals surface area contributed by atoms with Crippen LogP contribution in [-0.2, 0) is 9.59 Å². The molecule has 1 amide bonds. The molecular weight excluding hydrogens is 412 g/mol. The second-order valence-electron chi connectivity index (χ2n) is 5.80. The maximum atomic E-state index is 12.5. The zero-order valence-corrected chi connectivity index (χ0v) is 17.0. The lowest BCUT2D eigenvalue weighted by molar-refractivity contribution is -0.139. The first-order valence-corrected chi connectivity index (χ1v) is 9.13. The molecule has 0 aliphatic rings. The molecule has 0 aromatic heterocycles. The van der Waals surface area contributed by atoms with Gasteiger partial charge in [-0.3, -0.25) is 4.79 Å². The van der Waals surface area contributed by atoms with E-state index < -0.39 is 18.5 Å². The van der Waals surface area contributed by atoms with Crippen LogP contribution in [0.4, 0.5) is 5.69 Å². The van der Waals surface area contributed by atoms with Crippen molar-refractivity contribution in [1.82, 2.24) is 0 Å². The summed E-state index contributed by atoms with van der Waals surface area (Å²) in [4.78, 5) is 23.2. The van der Waals surface area contributed by atoms with Crippen molar-refractivity contribution >= 4 is 35.2 Å². The Morgan fingerprint density at radius 2 is 2.03 bits per heavy atom. The number of carbonyl (C=O) groups is 2. The molecule has 2 N–H and O–H groups in total. The van der Waals surface area contributed by atoms with E-state index in [1.54, 1.807) is 24.3 Å². The molecule has 8 nitrogen and oxygen atoms in total. The van der Waals surface area contributed by atoms with Crippen LogP contribution < -0.4 is 19.5 Å². The van der Waals surface area contributed by atoms with Crippen LogP contribution in [0.5, 0.6) is 17.2 Å². The molecule has 30 heavy (non-hydrogen) atoms. The number of rotatable bonds is 9. The molecule has 0 spiro atoms. The van der Waals surface area contributed by atoms with Gasteiger partial charge in [0.2, 0.25) is 0 Å². The van der Waals surface area contributed by atoms with Crippen LogP contribution in [0.15, 0.2) is 42.0 Å². The number of carbonyl (C=O) groups excluding carboxylic acids is 1. The number of nitrogens with zero attached hydrogens (tertiary/aromatic N) is 1. The molecule has 0 radical (unpaired) electrons. The van der Waals surface area contributed by atoms with Gasteiger partial charge in [-0.2, -0.15) is 5.26 Å². The molecule has 0 aliphatic heterocycles. The Kier molecular flexibility index (Phi) is 8.08. The first-order valence-electron chi connectivity index (χ1n) is 8.76. The van der Waals surface area contributed by atoms with Gasteiger partial charge in [0.05, 0.1) is 18.7 Å². The zero-order valence-electron chi connectivity index (χ0n) is 16.3. The van der Waals surface area contributed by atoms with E-state index in [4.69, 9.17) is 30.9 Å².